The van der Waals surface area contributed by atoms with Crippen molar-refractivity contribution in [3.63, 3.8) is 0 Å². The lowest BCUT2D eigenvalue weighted by Crippen LogP contribution is -2.26. The maximum Gasteiger partial charge on any atom is 0.233 e. The van der Waals surface area contributed by atoms with Crippen LogP contribution in [0.15, 0.2) is 4.42 Å². The Balaban J connectivity index is 2.11. The standard InChI is InChI=1S/C16H29N3O/c1-5-11-17-13(6-2)15-19-18-14(20-15)12-9-7-8-10-16(12,3)4/h12-13,17H,5-11H2,1-4H3. The highest BCUT2D eigenvalue weighted by molar-refractivity contribution is 5.02. The number of nitrogens with zero attached hydrogens (tertiary/aromatic N) is 2. The van der Waals surface area contributed by atoms with Gasteiger partial charge in [-0.2, -0.15) is 0 Å². The van der Waals surface area contributed by atoms with Crippen molar-refractivity contribution in [1.29, 1.82) is 0 Å². The predicted molar refractivity (Wildman–Crippen MR) is 80.6 cm³/mol. The van der Waals surface area contributed by atoms with Crippen LogP contribution in [0.4, 0.5) is 0 Å². The highest BCUT2D eigenvalue weighted by Gasteiger charge is 2.37. The molecule has 4 heteroatoms. The number of hydrogen-bond donors (Lipinski definition) is 1. The molecule has 0 bridgehead atoms. The average Bonchev–Trinajstić information content (AvgIpc) is 2.88. The maximum absolute atomic E-state index is 6.02. The third-order valence-corrected chi connectivity index (χ3v) is 4.61. The summed E-state index contributed by atoms with van der Waals surface area (Å²) in [4.78, 5) is 0. The van der Waals surface area contributed by atoms with Crippen LogP contribution in [-0.4, -0.2) is 16.7 Å². The Bertz CT molecular complexity index is 414. The number of rotatable bonds is 6. The molecule has 1 heterocycles. The first-order chi connectivity index (χ1) is 9.58. The van der Waals surface area contributed by atoms with Crippen molar-refractivity contribution in [3.8, 4) is 0 Å². The molecule has 114 valence electrons. The largest absolute Gasteiger partial charge is 0.423 e. The molecule has 4 nitrogen and oxygen atoms in total. The van der Waals surface area contributed by atoms with Crippen molar-refractivity contribution < 1.29 is 4.42 Å². The minimum Gasteiger partial charge on any atom is -0.423 e. The van der Waals surface area contributed by atoms with Crippen LogP contribution >= 0.6 is 0 Å². The van der Waals surface area contributed by atoms with Crippen LogP contribution in [0.3, 0.4) is 0 Å². The maximum atomic E-state index is 6.02. The summed E-state index contributed by atoms with van der Waals surface area (Å²) in [5, 5.41) is 12.1. The van der Waals surface area contributed by atoms with Crippen LogP contribution in [0.2, 0.25) is 0 Å². The Labute approximate surface area is 122 Å². The molecule has 1 aromatic rings. The molecule has 0 aromatic carbocycles. The van der Waals surface area contributed by atoms with E-state index < -0.39 is 0 Å². The lowest BCUT2D eigenvalue weighted by molar-refractivity contribution is 0.169. The van der Waals surface area contributed by atoms with Gasteiger partial charge in [0.25, 0.3) is 0 Å². The van der Waals surface area contributed by atoms with Gasteiger partial charge in [0.1, 0.15) is 0 Å². The van der Waals surface area contributed by atoms with Crippen LogP contribution in [0, 0.1) is 5.41 Å². The third kappa shape index (κ3) is 3.40. The number of hydrogen-bond acceptors (Lipinski definition) is 4. The molecule has 20 heavy (non-hydrogen) atoms. The van der Waals surface area contributed by atoms with Gasteiger partial charge in [0, 0.05) is 5.92 Å². The highest BCUT2D eigenvalue weighted by Crippen LogP contribution is 2.46. The van der Waals surface area contributed by atoms with Gasteiger partial charge in [0.2, 0.25) is 11.8 Å². The molecule has 2 unspecified atom stereocenters. The molecule has 0 aliphatic heterocycles. The summed E-state index contributed by atoms with van der Waals surface area (Å²) in [5.41, 5.74) is 0.278. The summed E-state index contributed by atoms with van der Waals surface area (Å²) in [6, 6.07) is 0.197. The fourth-order valence-corrected chi connectivity index (χ4v) is 3.20. The van der Waals surface area contributed by atoms with E-state index in [2.05, 4.69) is 43.2 Å². The van der Waals surface area contributed by atoms with Crippen molar-refractivity contribution in [3.05, 3.63) is 11.8 Å². The van der Waals surface area contributed by atoms with E-state index in [1.807, 2.05) is 0 Å². The molecule has 0 saturated heterocycles. The molecule has 1 aliphatic rings. The zero-order chi connectivity index (χ0) is 14.6. The van der Waals surface area contributed by atoms with Gasteiger partial charge >= 0.3 is 0 Å². The van der Waals surface area contributed by atoms with E-state index in [9.17, 15) is 0 Å². The normalized spacial score (nSPS) is 23.7. The minimum absolute atomic E-state index is 0.197. The Morgan fingerprint density at radius 1 is 1.30 bits per heavy atom. The average molecular weight is 279 g/mol. The molecular formula is C16H29N3O. The predicted octanol–water partition coefficient (Wildman–Crippen LogP) is 4.20. The summed E-state index contributed by atoms with van der Waals surface area (Å²) in [7, 11) is 0. The first-order valence-electron chi connectivity index (χ1n) is 8.15. The zero-order valence-corrected chi connectivity index (χ0v) is 13.4. The van der Waals surface area contributed by atoms with Gasteiger partial charge in [-0.05, 0) is 37.6 Å². The molecule has 0 radical (unpaired) electrons. The lowest BCUT2D eigenvalue weighted by Gasteiger charge is -2.36. The second-order valence-corrected chi connectivity index (χ2v) is 6.68. The highest BCUT2D eigenvalue weighted by atomic mass is 16.4. The second kappa shape index (κ2) is 6.70. The Morgan fingerprint density at radius 2 is 2.10 bits per heavy atom. The van der Waals surface area contributed by atoms with E-state index in [-0.39, 0.29) is 11.5 Å². The molecule has 2 rings (SSSR count). The van der Waals surface area contributed by atoms with Crippen molar-refractivity contribution in [2.75, 3.05) is 6.54 Å². The smallest absolute Gasteiger partial charge is 0.233 e. The summed E-state index contributed by atoms with van der Waals surface area (Å²) in [6.07, 6.45) is 7.12. The van der Waals surface area contributed by atoms with Gasteiger partial charge in [-0.3, -0.25) is 0 Å². The van der Waals surface area contributed by atoms with Crippen LogP contribution in [-0.2, 0) is 0 Å². The summed E-state index contributed by atoms with van der Waals surface area (Å²) in [6.45, 7) is 9.97. The quantitative estimate of drug-likeness (QED) is 0.847. The molecule has 1 aromatic heterocycles. The molecular weight excluding hydrogens is 250 g/mol. The fraction of sp³-hybridized carbons (Fsp3) is 0.875. The van der Waals surface area contributed by atoms with Crippen molar-refractivity contribution in [2.24, 2.45) is 5.41 Å². The van der Waals surface area contributed by atoms with Crippen LogP contribution < -0.4 is 5.32 Å². The van der Waals surface area contributed by atoms with Crippen molar-refractivity contribution in [1.82, 2.24) is 15.5 Å². The fourth-order valence-electron chi connectivity index (χ4n) is 3.20. The van der Waals surface area contributed by atoms with E-state index in [1.165, 1.54) is 25.7 Å². The number of nitrogens with one attached hydrogen (secondary N) is 1. The van der Waals surface area contributed by atoms with E-state index in [1.54, 1.807) is 0 Å². The van der Waals surface area contributed by atoms with Crippen LogP contribution in [0.25, 0.3) is 0 Å². The Hall–Kier alpha value is -0.900. The zero-order valence-electron chi connectivity index (χ0n) is 13.4. The molecule has 1 aliphatic carbocycles. The third-order valence-electron chi connectivity index (χ3n) is 4.61. The minimum atomic E-state index is 0.197. The van der Waals surface area contributed by atoms with Crippen LogP contribution in [0.5, 0.6) is 0 Å². The SMILES string of the molecule is CCCNC(CC)c1nnc(C2CCCCC2(C)C)o1. The molecule has 2 atom stereocenters. The van der Waals surface area contributed by atoms with Gasteiger partial charge in [-0.15, -0.1) is 10.2 Å². The van der Waals surface area contributed by atoms with Crippen molar-refractivity contribution >= 4 is 0 Å². The summed E-state index contributed by atoms with van der Waals surface area (Å²) >= 11 is 0. The van der Waals surface area contributed by atoms with E-state index >= 15 is 0 Å². The molecule has 0 amide bonds. The van der Waals surface area contributed by atoms with Gasteiger partial charge in [0.15, 0.2) is 0 Å². The van der Waals surface area contributed by atoms with Crippen molar-refractivity contribution in [2.45, 2.75) is 78.2 Å². The second-order valence-electron chi connectivity index (χ2n) is 6.68. The molecule has 1 fully saturated rings. The topological polar surface area (TPSA) is 51.0 Å². The van der Waals surface area contributed by atoms with E-state index in [4.69, 9.17) is 4.42 Å². The summed E-state index contributed by atoms with van der Waals surface area (Å²) < 4.78 is 6.02. The van der Waals surface area contributed by atoms with Gasteiger partial charge in [-0.25, -0.2) is 0 Å². The van der Waals surface area contributed by atoms with Gasteiger partial charge < -0.3 is 9.73 Å². The summed E-state index contributed by atoms with van der Waals surface area (Å²) in [5.74, 6) is 2.03. The molecule has 1 N–H and O–H groups in total. The monoisotopic (exact) mass is 279 g/mol. The molecule has 0 spiro atoms. The van der Waals surface area contributed by atoms with Gasteiger partial charge in [0.05, 0.1) is 6.04 Å². The first-order valence-corrected chi connectivity index (χ1v) is 8.15. The number of aromatic nitrogens is 2. The Kier molecular flexibility index (Phi) is 5.19. The first kappa shape index (κ1) is 15.5. The van der Waals surface area contributed by atoms with Gasteiger partial charge in [-0.1, -0.05) is 40.5 Å². The van der Waals surface area contributed by atoms with E-state index in [0.29, 0.717) is 5.92 Å². The Morgan fingerprint density at radius 3 is 2.75 bits per heavy atom. The lowest BCUT2D eigenvalue weighted by atomic mass is 9.69. The van der Waals surface area contributed by atoms with E-state index in [0.717, 1.165) is 31.2 Å². The van der Waals surface area contributed by atoms with Crippen LogP contribution in [0.1, 0.15) is 90.0 Å². The molecule has 1 saturated carbocycles.